The third kappa shape index (κ3) is 5.17. The lowest BCUT2D eigenvalue weighted by Gasteiger charge is -2.35. The normalized spacial score (nSPS) is 11.0. The lowest BCUT2D eigenvalue weighted by molar-refractivity contribution is 0.0358. The van der Waals surface area contributed by atoms with Gasteiger partial charge in [-0.3, -0.25) is 19.8 Å². The smallest absolute Gasteiger partial charge is 0.272 e. The van der Waals surface area contributed by atoms with Crippen molar-refractivity contribution in [1.29, 1.82) is 0 Å². The van der Waals surface area contributed by atoms with Gasteiger partial charge >= 0.3 is 0 Å². The van der Waals surface area contributed by atoms with Crippen LogP contribution in [-0.4, -0.2) is 28.1 Å². The van der Waals surface area contributed by atoms with E-state index in [-0.39, 0.29) is 11.7 Å². The number of aryl methyl sites for hydroxylation is 1. The van der Waals surface area contributed by atoms with Gasteiger partial charge in [-0.25, -0.2) is 5.01 Å². The second-order valence-electron chi connectivity index (χ2n) is 7.40. The molecule has 2 rings (SSSR count). The molecule has 1 N–H and O–H groups in total. The molecule has 0 bridgehead atoms. The van der Waals surface area contributed by atoms with Crippen LogP contribution in [0.5, 0.6) is 0 Å². The fraction of sp³-hybridized carbons (Fsp3) is 0.286. The number of nitrogens with one attached hydrogen (secondary N) is 1. The Hall–Kier alpha value is -2.66. The summed E-state index contributed by atoms with van der Waals surface area (Å²) in [4.78, 5) is 37.0. The Labute approximate surface area is 164 Å². The Kier molecular flexibility index (Phi) is 6.06. The van der Waals surface area contributed by atoms with Crippen molar-refractivity contribution in [3.63, 3.8) is 0 Å². The van der Waals surface area contributed by atoms with E-state index in [9.17, 15) is 14.4 Å². The van der Waals surface area contributed by atoms with Gasteiger partial charge in [0, 0.05) is 21.7 Å². The molecule has 0 aliphatic heterocycles. The summed E-state index contributed by atoms with van der Waals surface area (Å²) in [7, 11) is 0. The molecule has 0 aliphatic rings. The molecule has 6 heteroatoms. The maximum absolute atomic E-state index is 13.0. The van der Waals surface area contributed by atoms with Gasteiger partial charge in [0.15, 0.2) is 5.78 Å². The number of nitrogens with zero attached hydrogens (tertiary/aromatic N) is 1. The number of rotatable bonds is 3. The first-order valence-corrected chi connectivity index (χ1v) is 8.90. The van der Waals surface area contributed by atoms with Crippen LogP contribution in [0, 0.1) is 6.92 Å². The van der Waals surface area contributed by atoms with E-state index in [0.29, 0.717) is 21.7 Å². The summed E-state index contributed by atoms with van der Waals surface area (Å²) in [5.74, 6) is -0.876. The summed E-state index contributed by atoms with van der Waals surface area (Å²) in [6, 6.07) is 11.3. The molecule has 0 spiro atoms. The topological polar surface area (TPSA) is 66.5 Å². The van der Waals surface area contributed by atoms with Gasteiger partial charge in [-0.2, -0.15) is 0 Å². The van der Waals surface area contributed by atoms with Gasteiger partial charge in [-0.1, -0.05) is 23.7 Å². The molecule has 0 aliphatic carbocycles. The Bertz CT molecular complexity index is 863. The van der Waals surface area contributed by atoms with Crippen LogP contribution in [0.2, 0.25) is 5.02 Å². The van der Waals surface area contributed by atoms with Gasteiger partial charge in [0.1, 0.15) is 0 Å². The van der Waals surface area contributed by atoms with Gasteiger partial charge in [-0.05, 0) is 70.5 Å². The highest BCUT2D eigenvalue weighted by atomic mass is 35.5. The number of hydrogen-bond acceptors (Lipinski definition) is 3. The number of benzene rings is 2. The summed E-state index contributed by atoms with van der Waals surface area (Å²) in [6.45, 7) is 8.77. The minimum atomic E-state index is -0.664. The van der Waals surface area contributed by atoms with Crippen molar-refractivity contribution in [2.45, 2.75) is 40.2 Å². The summed E-state index contributed by atoms with van der Waals surface area (Å²) in [5.41, 5.74) is 4.12. The van der Waals surface area contributed by atoms with Crippen LogP contribution in [0.4, 0.5) is 0 Å². The standard InChI is InChI=1S/C21H23ClN2O3/c1-13-10-17(12-18(22)11-13)20(27)24(21(3,4)5)23-19(26)16-8-6-15(7-9-16)14(2)25/h6-12H,1-5H3,(H,23,26). The summed E-state index contributed by atoms with van der Waals surface area (Å²) >= 11 is 6.07. The lowest BCUT2D eigenvalue weighted by Crippen LogP contribution is -2.55. The average Bonchev–Trinajstić information content (AvgIpc) is 2.57. The molecule has 2 aromatic carbocycles. The Morgan fingerprint density at radius 2 is 1.48 bits per heavy atom. The third-order valence-electron chi connectivity index (χ3n) is 3.93. The molecule has 2 aromatic rings. The minimum Gasteiger partial charge on any atom is -0.295 e. The molecule has 142 valence electrons. The molecule has 0 atom stereocenters. The van der Waals surface area contributed by atoms with Gasteiger partial charge in [0.05, 0.1) is 5.54 Å². The molecule has 0 saturated heterocycles. The monoisotopic (exact) mass is 386 g/mol. The molecule has 0 saturated carbocycles. The number of Topliss-reactive ketones (excluding diaryl/α,β-unsaturated/α-hetero) is 1. The van der Waals surface area contributed by atoms with Crippen molar-refractivity contribution >= 4 is 29.2 Å². The van der Waals surface area contributed by atoms with Crippen LogP contribution < -0.4 is 5.43 Å². The Morgan fingerprint density at radius 1 is 0.926 bits per heavy atom. The molecule has 5 nitrogen and oxygen atoms in total. The fourth-order valence-electron chi connectivity index (χ4n) is 2.53. The maximum atomic E-state index is 13.0. The zero-order valence-electron chi connectivity index (χ0n) is 16.1. The molecular formula is C21H23ClN2O3. The van der Waals surface area contributed by atoms with Gasteiger partial charge in [0.2, 0.25) is 0 Å². The van der Waals surface area contributed by atoms with E-state index < -0.39 is 11.4 Å². The van der Waals surface area contributed by atoms with Crippen LogP contribution in [0.1, 0.15) is 64.3 Å². The second kappa shape index (κ2) is 7.92. The number of ketones is 1. The molecule has 0 heterocycles. The van der Waals surface area contributed by atoms with Crippen molar-refractivity contribution < 1.29 is 14.4 Å². The van der Waals surface area contributed by atoms with Crippen LogP contribution in [-0.2, 0) is 0 Å². The van der Waals surface area contributed by atoms with Gasteiger partial charge in [0.25, 0.3) is 11.8 Å². The lowest BCUT2D eigenvalue weighted by atomic mass is 10.0. The fourth-order valence-corrected chi connectivity index (χ4v) is 2.82. The van der Waals surface area contributed by atoms with E-state index in [1.165, 1.54) is 11.9 Å². The van der Waals surface area contributed by atoms with Gasteiger partial charge < -0.3 is 0 Å². The van der Waals surface area contributed by atoms with Crippen molar-refractivity contribution in [1.82, 2.24) is 10.4 Å². The van der Waals surface area contributed by atoms with Crippen LogP contribution in [0.25, 0.3) is 0 Å². The first-order valence-electron chi connectivity index (χ1n) is 8.53. The van der Waals surface area contributed by atoms with Gasteiger partial charge in [-0.15, -0.1) is 0 Å². The average molecular weight is 387 g/mol. The van der Waals surface area contributed by atoms with E-state index in [0.717, 1.165) is 5.56 Å². The Balaban J connectivity index is 2.30. The quantitative estimate of drug-likeness (QED) is 0.626. The van der Waals surface area contributed by atoms with Crippen LogP contribution in [0.15, 0.2) is 42.5 Å². The minimum absolute atomic E-state index is 0.0789. The molecule has 0 aromatic heterocycles. The first kappa shape index (κ1) is 20.6. The molecule has 0 radical (unpaired) electrons. The largest absolute Gasteiger partial charge is 0.295 e. The van der Waals surface area contributed by atoms with E-state index in [2.05, 4.69) is 5.43 Å². The molecular weight excluding hydrogens is 364 g/mol. The number of amides is 2. The van der Waals surface area contributed by atoms with E-state index in [4.69, 9.17) is 11.6 Å². The summed E-state index contributed by atoms with van der Waals surface area (Å²) < 4.78 is 0. The zero-order chi connectivity index (χ0) is 20.4. The molecule has 0 fully saturated rings. The number of hydrogen-bond donors (Lipinski definition) is 1. The number of carbonyl (C=O) groups is 3. The highest BCUT2D eigenvalue weighted by molar-refractivity contribution is 6.31. The summed E-state index contributed by atoms with van der Waals surface area (Å²) in [6.07, 6.45) is 0. The van der Waals surface area contributed by atoms with Crippen molar-refractivity contribution in [2.75, 3.05) is 0 Å². The highest BCUT2D eigenvalue weighted by Crippen LogP contribution is 2.20. The molecule has 27 heavy (non-hydrogen) atoms. The molecule has 2 amide bonds. The van der Waals surface area contributed by atoms with Crippen molar-refractivity contribution in [3.8, 4) is 0 Å². The van der Waals surface area contributed by atoms with E-state index in [1.54, 1.807) is 42.5 Å². The molecule has 0 unspecified atom stereocenters. The van der Waals surface area contributed by atoms with Crippen molar-refractivity contribution in [2.24, 2.45) is 0 Å². The predicted octanol–water partition coefficient (Wildman–Crippen LogP) is 4.44. The second-order valence-corrected chi connectivity index (χ2v) is 7.84. The van der Waals surface area contributed by atoms with Crippen LogP contribution in [0.3, 0.4) is 0 Å². The third-order valence-corrected chi connectivity index (χ3v) is 4.15. The number of halogens is 1. The van der Waals surface area contributed by atoms with Crippen molar-refractivity contribution in [3.05, 3.63) is 69.7 Å². The van der Waals surface area contributed by atoms with E-state index in [1.807, 2.05) is 27.7 Å². The predicted molar refractivity (Wildman–Crippen MR) is 106 cm³/mol. The number of carbonyl (C=O) groups excluding carboxylic acids is 3. The van der Waals surface area contributed by atoms with E-state index >= 15 is 0 Å². The maximum Gasteiger partial charge on any atom is 0.272 e. The SMILES string of the molecule is CC(=O)c1ccc(C(=O)NN(C(=O)c2cc(C)cc(Cl)c2)C(C)(C)C)cc1. The first-order chi connectivity index (χ1) is 12.5. The summed E-state index contributed by atoms with van der Waals surface area (Å²) in [5, 5.41) is 1.75. The zero-order valence-corrected chi connectivity index (χ0v) is 16.8. The number of hydrazine groups is 1. The van der Waals surface area contributed by atoms with Crippen LogP contribution >= 0.6 is 11.6 Å². The highest BCUT2D eigenvalue weighted by Gasteiger charge is 2.30. The Morgan fingerprint density at radius 3 is 1.96 bits per heavy atom.